The van der Waals surface area contributed by atoms with Crippen LogP contribution in [0.15, 0.2) is 28.7 Å². The van der Waals surface area contributed by atoms with Crippen molar-refractivity contribution in [3.8, 4) is 0 Å². The molecule has 4 heteroatoms. The molecule has 0 aromatic heterocycles. The zero-order valence-electron chi connectivity index (χ0n) is 11.0. The van der Waals surface area contributed by atoms with E-state index in [-0.39, 0.29) is 5.41 Å². The van der Waals surface area contributed by atoms with E-state index >= 15 is 0 Å². The van der Waals surface area contributed by atoms with Crippen molar-refractivity contribution >= 4 is 21.8 Å². The molecule has 1 aromatic rings. The number of nitrogens with zero attached hydrogens (tertiary/aromatic N) is 1. The molecule has 1 saturated heterocycles. The maximum absolute atomic E-state index is 12.8. The van der Waals surface area contributed by atoms with Gasteiger partial charge in [-0.05, 0) is 43.5 Å². The van der Waals surface area contributed by atoms with Crippen LogP contribution >= 0.6 is 15.9 Å². The van der Waals surface area contributed by atoms with Gasteiger partial charge in [-0.3, -0.25) is 4.79 Å². The molecular formula is C15H19BrN2O. The van der Waals surface area contributed by atoms with E-state index in [2.05, 4.69) is 33.4 Å². The number of halogens is 1. The van der Waals surface area contributed by atoms with E-state index < -0.39 is 0 Å². The van der Waals surface area contributed by atoms with Crippen LogP contribution in [-0.4, -0.2) is 37.0 Å². The first-order valence-electron chi connectivity index (χ1n) is 6.98. The van der Waals surface area contributed by atoms with Crippen LogP contribution in [0.4, 0.5) is 0 Å². The topological polar surface area (TPSA) is 32.3 Å². The number of rotatable bonds is 2. The van der Waals surface area contributed by atoms with Crippen LogP contribution in [0, 0.1) is 0 Å². The minimum atomic E-state index is -0.228. The van der Waals surface area contributed by atoms with Crippen molar-refractivity contribution in [2.75, 3.05) is 26.2 Å². The van der Waals surface area contributed by atoms with Crippen molar-refractivity contribution in [3.05, 3.63) is 34.3 Å². The SMILES string of the molecule is O=C(N1CCCNCC1)C1(c2cccc(Br)c2)CC1. The number of carbonyl (C=O) groups excluding carboxylic acids is 1. The zero-order valence-corrected chi connectivity index (χ0v) is 12.6. The molecule has 3 nitrogen and oxygen atoms in total. The Morgan fingerprint density at radius 1 is 1.26 bits per heavy atom. The lowest BCUT2D eigenvalue weighted by atomic mass is 9.94. The Balaban J connectivity index is 1.82. The van der Waals surface area contributed by atoms with Crippen LogP contribution in [0.2, 0.25) is 0 Å². The molecule has 2 fully saturated rings. The van der Waals surface area contributed by atoms with Crippen LogP contribution in [-0.2, 0) is 10.2 Å². The van der Waals surface area contributed by atoms with Gasteiger partial charge in [-0.1, -0.05) is 28.1 Å². The van der Waals surface area contributed by atoms with Crippen molar-refractivity contribution in [2.24, 2.45) is 0 Å². The van der Waals surface area contributed by atoms with Crippen LogP contribution in [0.1, 0.15) is 24.8 Å². The predicted molar refractivity (Wildman–Crippen MR) is 79.1 cm³/mol. The number of hydrogen-bond donors (Lipinski definition) is 1. The van der Waals surface area contributed by atoms with Gasteiger partial charge in [0.25, 0.3) is 0 Å². The van der Waals surface area contributed by atoms with E-state index in [9.17, 15) is 4.79 Å². The van der Waals surface area contributed by atoms with Gasteiger partial charge in [0.2, 0.25) is 5.91 Å². The average molecular weight is 323 g/mol. The third-order valence-electron chi connectivity index (χ3n) is 4.16. The summed E-state index contributed by atoms with van der Waals surface area (Å²) in [5.41, 5.74) is 0.942. The first-order chi connectivity index (χ1) is 9.22. The van der Waals surface area contributed by atoms with Gasteiger partial charge in [0.1, 0.15) is 0 Å². The fourth-order valence-corrected chi connectivity index (χ4v) is 3.29. The lowest BCUT2D eigenvalue weighted by Crippen LogP contribution is -2.41. The van der Waals surface area contributed by atoms with E-state index in [1.165, 1.54) is 5.56 Å². The Kier molecular flexibility index (Phi) is 3.63. The minimum absolute atomic E-state index is 0.228. The summed E-state index contributed by atoms with van der Waals surface area (Å²) in [4.78, 5) is 14.9. The summed E-state index contributed by atoms with van der Waals surface area (Å²) in [6, 6.07) is 8.23. The molecule has 1 N–H and O–H groups in total. The lowest BCUT2D eigenvalue weighted by Gasteiger charge is -2.26. The van der Waals surface area contributed by atoms with Crippen molar-refractivity contribution < 1.29 is 4.79 Å². The molecule has 1 aliphatic carbocycles. The maximum Gasteiger partial charge on any atom is 0.233 e. The van der Waals surface area contributed by atoms with Gasteiger partial charge in [0.05, 0.1) is 5.41 Å². The van der Waals surface area contributed by atoms with E-state index in [0.29, 0.717) is 5.91 Å². The van der Waals surface area contributed by atoms with Gasteiger partial charge in [-0.2, -0.15) is 0 Å². The quantitative estimate of drug-likeness (QED) is 0.906. The average Bonchev–Trinajstić information content (AvgIpc) is 3.23. The summed E-state index contributed by atoms with van der Waals surface area (Å²) in [5.74, 6) is 0.328. The second-order valence-electron chi connectivity index (χ2n) is 5.49. The van der Waals surface area contributed by atoms with Crippen LogP contribution in [0.5, 0.6) is 0 Å². The van der Waals surface area contributed by atoms with E-state index in [1.807, 2.05) is 17.0 Å². The Labute approximate surface area is 122 Å². The molecule has 2 aliphatic rings. The Morgan fingerprint density at radius 2 is 2.11 bits per heavy atom. The Hall–Kier alpha value is -0.870. The molecule has 1 amide bonds. The summed E-state index contributed by atoms with van der Waals surface area (Å²) in [7, 11) is 0. The molecule has 1 aliphatic heterocycles. The highest BCUT2D eigenvalue weighted by molar-refractivity contribution is 9.10. The molecule has 1 aromatic carbocycles. The number of hydrogen-bond acceptors (Lipinski definition) is 2. The molecular weight excluding hydrogens is 304 g/mol. The number of benzene rings is 1. The van der Waals surface area contributed by atoms with Gasteiger partial charge in [0.15, 0.2) is 0 Å². The van der Waals surface area contributed by atoms with Crippen molar-refractivity contribution in [2.45, 2.75) is 24.7 Å². The smallest absolute Gasteiger partial charge is 0.233 e. The highest BCUT2D eigenvalue weighted by atomic mass is 79.9. The standard InChI is InChI=1S/C15H19BrN2O/c16-13-4-1-3-12(11-13)15(5-6-15)14(19)18-9-2-7-17-8-10-18/h1,3-4,11,17H,2,5-10H2. The largest absolute Gasteiger partial charge is 0.341 e. The minimum Gasteiger partial charge on any atom is -0.341 e. The Bertz CT molecular complexity index is 477. The van der Waals surface area contributed by atoms with Crippen molar-refractivity contribution in [3.63, 3.8) is 0 Å². The van der Waals surface area contributed by atoms with Crippen LogP contribution in [0.25, 0.3) is 0 Å². The summed E-state index contributed by atoms with van der Waals surface area (Å²) in [5, 5.41) is 3.35. The van der Waals surface area contributed by atoms with Crippen LogP contribution < -0.4 is 5.32 Å². The fourth-order valence-electron chi connectivity index (χ4n) is 2.89. The van der Waals surface area contributed by atoms with Gasteiger partial charge < -0.3 is 10.2 Å². The second-order valence-corrected chi connectivity index (χ2v) is 6.40. The molecule has 1 heterocycles. The lowest BCUT2D eigenvalue weighted by molar-refractivity contribution is -0.133. The fraction of sp³-hybridized carbons (Fsp3) is 0.533. The van der Waals surface area contributed by atoms with Gasteiger partial charge in [0, 0.05) is 24.1 Å². The third kappa shape index (κ3) is 2.56. The van der Waals surface area contributed by atoms with E-state index in [1.54, 1.807) is 0 Å². The van der Waals surface area contributed by atoms with Crippen molar-refractivity contribution in [1.82, 2.24) is 10.2 Å². The summed E-state index contributed by atoms with van der Waals surface area (Å²) in [6.07, 6.45) is 3.04. The number of nitrogens with one attached hydrogen (secondary N) is 1. The molecule has 0 radical (unpaired) electrons. The molecule has 102 valence electrons. The number of amides is 1. The molecule has 0 atom stereocenters. The summed E-state index contributed by atoms with van der Waals surface area (Å²) < 4.78 is 1.06. The van der Waals surface area contributed by atoms with E-state index in [0.717, 1.165) is 49.9 Å². The normalized spacial score (nSPS) is 21.8. The summed E-state index contributed by atoms with van der Waals surface area (Å²) >= 11 is 3.51. The monoisotopic (exact) mass is 322 g/mol. The Morgan fingerprint density at radius 3 is 2.84 bits per heavy atom. The molecule has 0 unspecified atom stereocenters. The van der Waals surface area contributed by atoms with E-state index in [4.69, 9.17) is 0 Å². The zero-order chi connectivity index (χ0) is 13.3. The van der Waals surface area contributed by atoms with Crippen molar-refractivity contribution in [1.29, 1.82) is 0 Å². The number of carbonyl (C=O) groups is 1. The molecule has 0 spiro atoms. The van der Waals surface area contributed by atoms with Gasteiger partial charge in [-0.15, -0.1) is 0 Å². The molecule has 19 heavy (non-hydrogen) atoms. The van der Waals surface area contributed by atoms with Gasteiger partial charge >= 0.3 is 0 Å². The second kappa shape index (κ2) is 5.25. The van der Waals surface area contributed by atoms with Crippen LogP contribution in [0.3, 0.4) is 0 Å². The predicted octanol–water partition coefficient (Wildman–Crippen LogP) is 2.30. The van der Waals surface area contributed by atoms with Gasteiger partial charge in [-0.25, -0.2) is 0 Å². The maximum atomic E-state index is 12.8. The summed E-state index contributed by atoms with van der Waals surface area (Å²) in [6.45, 7) is 3.67. The first kappa shape index (κ1) is 13.1. The third-order valence-corrected chi connectivity index (χ3v) is 4.66. The highest BCUT2D eigenvalue weighted by Crippen LogP contribution is 2.50. The molecule has 3 rings (SSSR count). The molecule has 1 saturated carbocycles. The first-order valence-corrected chi connectivity index (χ1v) is 7.78. The molecule has 0 bridgehead atoms. The highest BCUT2D eigenvalue weighted by Gasteiger charge is 2.52.